The molecular formula is C16H21FN4O2. The molecule has 0 fully saturated rings. The maximum absolute atomic E-state index is 13.6. The molecule has 2 rings (SSSR count). The molecule has 124 valence electrons. The predicted octanol–water partition coefficient (Wildman–Crippen LogP) is 2.03. The first-order chi connectivity index (χ1) is 10.9. The minimum absolute atomic E-state index is 0.0757. The minimum atomic E-state index is -0.422. The smallest absolute Gasteiger partial charge is 0.242 e. The lowest BCUT2D eigenvalue weighted by Crippen LogP contribution is -2.48. The highest BCUT2D eigenvalue weighted by atomic mass is 19.1. The summed E-state index contributed by atoms with van der Waals surface area (Å²) < 4.78 is 20.6. The third kappa shape index (κ3) is 5.05. The molecule has 7 heteroatoms. The van der Waals surface area contributed by atoms with E-state index in [9.17, 15) is 9.18 Å². The van der Waals surface area contributed by atoms with E-state index in [1.807, 2.05) is 20.8 Å². The first-order valence-electron chi connectivity index (χ1n) is 7.35. The Hall–Kier alpha value is -2.44. The zero-order valence-electron chi connectivity index (χ0n) is 13.5. The van der Waals surface area contributed by atoms with E-state index in [-0.39, 0.29) is 36.3 Å². The third-order valence-electron chi connectivity index (χ3n) is 3.39. The van der Waals surface area contributed by atoms with Crippen LogP contribution in [-0.4, -0.2) is 33.3 Å². The average Bonchev–Trinajstić information content (AvgIpc) is 2.96. The van der Waals surface area contributed by atoms with Crippen LogP contribution in [0.4, 0.5) is 4.39 Å². The lowest BCUT2D eigenvalue weighted by atomic mass is 9.87. The molecule has 0 bridgehead atoms. The molecule has 0 spiro atoms. The van der Waals surface area contributed by atoms with Crippen molar-refractivity contribution >= 4 is 5.91 Å². The lowest BCUT2D eigenvalue weighted by Gasteiger charge is -2.31. The summed E-state index contributed by atoms with van der Waals surface area (Å²) in [6.45, 7) is 6.20. The highest BCUT2D eigenvalue weighted by molar-refractivity contribution is 5.76. The normalized spacial score (nSPS) is 12.7. The highest BCUT2D eigenvalue weighted by Gasteiger charge is 2.27. The first-order valence-corrected chi connectivity index (χ1v) is 7.35. The van der Waals surface area contributed by atoms with Crippen molar-refractivity contribution in [3.05, 3.63) is 42.7 Å². The second kappa shape index (κ2) is 7.21. The van der Waals surface area contributed by atoms with Gasteiger partial charge in [0.25, 0.3) is 0 Å². The van der Waals surface area contributed by atoms with Crippen molar-refractivity contribution < 1.29 is 13.9 Å². The summed E-state index contributed by atoms with van der Waals surface area (Å²) in [6.07, 6.45) is 2.84. The van der Waals surface area contributed by atoms with Gasteiger partial charge in [0.2, 0.25) is 5.91 Å². The molecule has 0 radical (unpaired) electrons. The largest absolute Gasteiger partial charge is 0.488 e. The summed E-state index contributed by atoms with van der Waals surface area (Å²) in [5.74, 6) is -0.450. The van der Waals surface area contributed by atoms with Gasteiger partial charge in [-0.3, -0.25) is 4.79 Å². The van der Waals surface area contributed by atoms with Crippen molar-refractivity contribution in [3.8, 4) is 5.75 Å². The van der Waals surface area contributed by atoms with E-state index in [1.165, 1.54) is 23.4 Å². The van der Waals surface area contributed by atoms with Crippen LogP contribution in [0.2, 0.25) is 0 Å². The summed E-state index contributed by atoms with van der Waals surface area (Å²) >= 11 is 0. The standard InChI is InChI=1S/C16H21FN4O2/c1-16(2,3)14(9-23-13-7-5-4-6-12(13)17)20-15(22)8-21-11-18-10-19-21/h4-7,10-11,14H,8-9H2,1-3H3,(H,20,22). The number of aromatic nitrogens is 3. The number of hydrogen-bond donors (Lipinski definition) is 1. The quantitative estimate of drug-likeness (QED) is 0.884. The van der Waals surface area contributed by atoms with Crippen LogP contribution >= 0.6 is 0 Å². The van der Waals surface area contributed by atoms with Crippen LogP contribution in [0.5, 0.6) is 5.75 Å². The molecule has 2 aromatic rings. The Balaban J connectivity index is 1.97. The van der Waals surface area contributed by atoms with Crippen LogP contribution in [0.1, 0.15) is 20.8 Å². The second-order valence-electron chi connectivity index (χ2n) is 6.32. The van der Waals surface area contributed by atoms with Gasteiger partial charge in [-0.05, 0) is 17.5 Å². The zero-order valence-corrected chi connectivity index (χ0v) is 13.5. The van der Waals surface area contributed by atoms with Crippen LogP contribution in [0, 0.1) is 11.2 Å². The van der Waals surface area contributed by atoms with E-state index in [4.69, 9.17) is 4.74 Å². The lowest BCUT2D eigenvalue weighted by molar-refractivity contribution is -0.123. The molecule has 0 saturated heterocycles. The monoisotopic (exact) mass is 320 g/mol. The molecule has 0 aliphatic heterocycles. The number of carbonyl (C=O) groups is 1. The van der Waals surface area contributed by atoms with Gasteiger partial charge in [0.05, 0.1) is 6.04 Å². The second-order valence-corrected chi connectivity index (χ2v) is 6.32. The predicted molar refractivity (Wildman–Crippen MR) is 83.3 cm³/mol. The van der Waals surface area contributed by atoms with Crippen LogP contribution in [0.3, 0.4) is 0 Å². The van der Waals surface area contributed by atoms with E-state index in [2.05, 4.69) is 15.4 Å². The number of amides is 1. The number of para-hydroxylation sites is 1. The Kier molecular flexibility index (Phi) is 5.31. The maximum Gasteiger partial charge on any atom is 0.242 e. The summed E-state index contributed by atoms with van der Waals surface area (Å²) in [5.41, 5.74) is -0.247. The van der Waals surface area contributed by atoms with Gasteiger partial charge in [0, 0.05) is 0 Å². The molecule has 0 saturated carbocycles. The number of carbonyl (C=O) groups excluding carboxylic acids is 1. The van der Waals surface area contributed by atoms with Crippen molar-refractivity contribution in [2.24, 2.45) is 5.41 Å². The maximum atomic E-state index is 13.6. The number of nitrogens with one attached hydrogen (secondary N) is 1. The van der Waals surface area contributed by atoms with Crippen molar-refractivity contribution in [2.75, 3.05) is 6.61 Å². The first kappa shape index (κ1) is 16.9. The number of rotatable bonds is 6. The fourth-order valence-corrected chi connectivity index (χ4v) is 1.94. The van der Waals surface area contributed by atoms with Gasteiger partial charge >= 0.3 is 0 Å². The van der Waals surface area contributed by atoms with E-state index >= 15 is 0 Å². The summed E-state index contributed by atoms with van der Waals surface area (Å²) in [4.78, 5) is 15.9. The number of ether oxygens (including phenoxy) is 1. The van der Waals surface area contributed by atoms with Gasteiger partial charge < -0.3 is 10.1 Å². The highest BCUT2D eigenvalue weighted by Crippen LogP contribution is 2.22. The van der Waals surface area contributed by atoms with Crippen molar-refractivity contribution in [1.29, 1.82) is 0 Å². The van der Waals surface area contributed by atoms with E-state index < -0.39 is 5.82 Å². The number of benzene rings is 1. The molecule has 0 aliphatic carbocycles. The van der Waals surface area contributed by atoms with Crippen LogP contribution in [0.15, 0.2) is 36.9 Å². The van der Waals surface area contributed by atoms with Crippen LogP contribution in [-0.2, 0) is 11.3 Å². The van der Waals surface area contributed by atoms with Crippen LogP contribution < -0.4 is 10.1 Å². The van der Waals surface area contributed by atoms with E-state index in [0.29, 0.717) is 0 Å². The summed E-state index contributed by atoms with van der Waals surface area (Å²) in [5, 5.41) is 6.80. The van der Waals surface area contributed by atoms with E-state index in [0.717, 1.165) is 0 Å². The van der Waals surface area contributed by atoms with E-state index in [1.54, 1.807) is 18.2 Å². The van der Waals surface area contributed by atoms with Gasteiger partial charge in [-0.15, -0.1) is 0 Å². The molecule has 1 aromatic heterocycles. The molecule has 1 N–H and O–H groups in total. The molecule has 1 aromatic carbocycles. The topological polar surface area (TPSA) is 69.0 Å². The fourth-order valence-electron chi connectivity index (χ4n) is 1.94. The van der Waals surface area contributed by atoms with Gasteiger partial charge in [0.1, 0.15) is 25.8 Å². The zero-order chi connectivity index (χ0) is 16.9. The molecule has 0 aliphatic rings. The SMILES string of the molecule is CC(C)(C)C(COc1ccccc1F)NC(=O)Cn1cncn1. The van der Waals surface area contributed by atoms with Crippen LogP contribution in [0.25, 0.3) is 0 Å². The average molecular weight is 320 g/mol. The summed E-state index contributed by atoms with van der Waals surface area (Å²) in [7, 11) is 0. The number of nitrogens with zero attached hydrogens (tertiary/aromatic N) is 3. The molecule has 1 heterocycles. The number of hydrogen-bond acceptors (Lipinski definition) is 4. The summed E-state index contributed by atoms with van der Waals surface area (Å²) in [6, 6.07) is 5.92. The van der Waals surface area contributed by atoms with Crippen molar-refractivity contribution in [2.45, 2.75) is 33.4 Å². The third-order valence-corrected chi connectivity index (χ3v) is 3.39. The Morgan fingerprint density at radius 1 is 1.39 bits per heavy atom. The Labute approximate surface area is 134 Å². The fraction of sp³-hybridized carbons (Fsp3) is 0.438. The van der Waals surface area contributed by atoms with Crippen molar-refractivity contribution in [1.82, 2.24) is 20.1 Å². The Morgan fingerprint density at radius 3 is 2.74 bits per heavy atom. The molecule has 1 amide bonds. The Morgan fingerprint density at radius 2 is 2.13 bits per heavy atom. The molecule has 6 nitrogen and oxygen atoms in total. The van der Waals surface area contributed by atoms with Crippen molar-refractivity contribution in [3.63, 3.8) is 0 Å². The molecular weight excluding hydrogens is 299 g/mol. The molecule has 1 atom stereocenters. The van der Waals surface area contributed by atoms with Gasteiger partial charge in [-0.1, -0.05) is 32.9 Å². The molecule has 1 unspecified atom stereocenters. The number of halogens is 1. The molecule has 23 heavy (non-hydrogen) atoms. The van der Waals surface area contributed by atoms with Gasteiger partial charge in [-0.2, -0.15) is 5.10 Å². The Bertz CT molecular complexity index is 638. The van der Waals surface area contributed by atoms with Gasteiger partial charge in [0.15, 0.2) is 11.6 Å². The minimum Gasteiger partial charge on any atom is -0.488 e. The van der Waals surface area contributed by atoms with Gasteiger partial charge in [-0.25, -0.2) is 14.1 Å².